The second-order valence-electron chi connectivity index (χ2n) is 5.37. The second kappa shape index (κ2) is 6.06. The van der Waals surface area contributed by atoms with Gasteiger partial charge in [0.1, 0.15) is 5.65 Å². The van der Waals surface area contributed by atoms with Crippen molar-refractivity contribution in [3.05, 3.63) is 35.8 Å². The van der Waals surface area contributed by atoms with Crippen molar-refractivity contribution < 1.29 is 8.95 Å². The minimum atomic E-state index is -0.903. The normalized spacial score (nSPS) is 21.1. The maximum atomic E-state index is 12.2. The van der Waals surface area contributed by atoms with Gasteiger partial charge in [0.05, 0.1) is 23.3 Å². The Morgan fingerprint density at radius 3 is 3.10 bits per heavy atom. The topological polar surface area (TPSA) is 43.6 Å². The number of imidazole rings is 1. The molecule has 2 aromatic heterocycles. The van der Waals surface area contributed by atoms with Gasteiger partial charge >= 0.3 is 0 Å². The largest absolute Gasteiger partial charge is 0.377 e. The third-order valence-electron chi connectivity index (χ3n) is 3.70. The van der Waals surface area contributed by atoms with Crippen molar-refractivity contribution in [2.45, 2.75) is 38.0 Å². The maximum absolute atomic E-state index is 12.2. The Labute approximate surface area is 121 Å². The Morgan fingerprint density at radius 2 is 2.35 bits per heavy atom. The van der Waals surface area contributed by atoms with Gasteiger partial charge in [0.15, 0.2) is 0 Å². The number of aryl methyl sites for hydroxylation is 1. The Morgan fingerprint density at radius 1 is 1.45 bits per heavy atom. The van der Waals surface area contributed by atoms with Gasteiger partial charge in [-0.1, -0.05) is 6.07 Å². The summed E-state index contributed by atoms with van der Waals surface area (Å²) < 4.78 is 19.9. The van der Waals surface area contributed by atoms with Crippen molar-refractivity contribution in [3.8, 4) is 0 Å². The third kappa shape index (κ3) is 3.10. The van der Waals surface area contributed by atoms with Crippen LogP contribution >= 0.6 is 0 Å². The molecule has 2 atom stereocenters. The molecule has 1 aliphatic heterocycles. The van der Waals surface area contributed by atoms with E-state index in [0.29, 0.717) is 11.5 Å². The fourth-order valence-corrected chi connectivity index (χ4v) is 3.90. The van der Waals surface area contributed by atoms with Gasteiger partial charge in [0.2, 0.25) is 0 Å². The molecule has 1 fully saturated rings. The van der Waals surface area contributed by atoms with E-state index < -0.39 is 10.8 Å². The van der Waals surface area contributed by atoms with Gasteiger partial charge in [-0.2, -0.15) is 0 Å². The lowest BCUT2D eigenvalue weighted by molar-refractivity contribution is 0.0310. The first-order chi connectivity index (χ1) is 9.72. The smallest absolute Gasteiger partial charge is 0.137 e. The van der Waals surface area contributed by atoms with Gasteiger partial charge < -0.3 is 9.14 Å². The zero-order valence-corrected chi connectivity index (χ0v) is 12.6. The molecule has 3 heterocycles. The molecular formula is C15H20N2O2S. The van der Waals surface area contributed by atoms with E-state index >= 15 is 0 Å². The van der Waals surface area contributed by atoms with E-state index in [9.17, 15) is 4.21 Å². The maximum Gasteiger partial charge on any atom is 0.137 e. The van der Waals surface area contributed by atoms with Crippen molar-refractivity contribution in [3.63, 3.8) is 0 Å². The number of ether oxygens (including phenoxy) is 1. The van der Waals surface area contributed by atoms with Crippen LogP contribution in [0.1, 0.15) is 30.7 Å². The van der Waals surface area contributed by atoms with Gasteiger partial charge in [-0.05, 0) is 38.3 Å². The van der Waals surface area contributed by atoms with Crippen LogP contribution in [0.25, 0.3) is 5.65 Å². The minimum Gasteiger partial charge on any atom is -0.377 e. The van der Waals surface area contributed by atoms with Crippen molar-refractivity contribution in [1.29, 1.82) is 0 Å². The SMILES string of the molecule is Cc1cccc2nc(C[S@@](=O)C[C@@H]3CCCCO3)cn12. The monoisotopic (exact) mass is 292 g/mol. The quantitative estimate of drug-likeness (QED) is 0.869. The van der Waals surface area contributed by atoms with Crippen LogP contribution in [0.5, 0.6) is 0 Å². The highest BCUT2D eigenvalue weighted by Crippen LogP contribution is 2.15. The Hall–Kier alpha value is -1.20. The molecule has 0 aromatic carbocycles. The molecule has 0 bridgehead atoms. The molecule has 0 spiro atoms. The average molecular weight is 292 g/mol. The molecule has 108 valence electrons. The fraction of sp³-hybridized carbons (Fsp3) is 0.533. The number of pyridine rings is 1. The molecule has 0 N–H and O–H groups in total. The van der Waals surface area contributed by atoms with Crippen LogP contribution < -0.4 is 0 Å². The highest BCUT2D eigenvalue weighted by atomic mass is 32.2. The van der Waals surface area contributed by atoms with Crippen molar-refractivity contribution in [2.24, 2.45) is 0 Å². The average Bonchev–Trinajstić information content (AvgIpc) is 2.83. The van der Waals surface area contributed by atoms with E-state index in [1.54, 1.807) is 0 Å². The summed E-state index contributed by atoms with van der Waals surface area (Å²) in [5, 5.41) is 0. The first-order valence-corrected chi connectivity index (χ1v) is 8.61. The molecule has 20 heavy (non-hydrogen) atoms. The summed E-state index contributed by atoms with van der Waals surface area (Å²) in [6.45, 7) is 2.86. The van der Waals surface area contributed by atoms with Crippen LogP contribution in [0.15, 0.2) is 24.4 Å². The fourth-order valence-electron chi connectivity index (χ4n) is 2.64. The van der Waals surface area contributed by atoms with E-state index in [1.807, 2.05) is 35.7 Å². The molecule has 0 saturated carbocycles. The molecule has 5 heteroatoms. The Bertz CT molecular complexity index is 617. The van der Waals surface area contributed by atoms with E-state index in [0.717, 1.165) is 36.5 Å². The minimum absolute atomic E-state index is 0.170. The van der Waals surface area contributed by atoms with Crippen LogP contribution in [-0.2, 0) is 21.3 Å². The van der Waals surface area contributed by atoms with E-state index in [-0.39, 0.29) is 6.10 Å². The lowest BCUT2D eigenvalue weighted by Crippen LogP contribution is -2.25. The third-order valence-corrected chi connectivity index (χ3v) is 5.06. The van der Waals surface area contributed by atoms with Crippen LogP contribution in [0.3, 0.4) is 0 Å². The molecule has 0 unspecified atom stereocenters. The molecule has 1 aliphatic rings. The first kappa shape index (κ1) is 13.8. The summed E-state index contributed by atoms with van der Waals surface area (Å²) >= 11 is 0. The number of rotatable bonds is 4. The zero-order chi connectivity index (χ0) is 13.9. The molecular weight excluding hydrogens is 272 g/mol. The molecule has 3 rings (SSSR count). The van der Waals surface area contributed by atoms with E-state index in [2.05, 4.69) is 4.98 Å². The summed E-state index contributed by atoms with van der Waals surface area (Å²) in [6.07, 6.45) is 5.52. The predicted molar refractivity (Wildman–Crippen MR) is 80.2 cm³/mol. The van der Waals surface area contributed by atoms with Crippen LogP contribution in [-0.4, -0.2) is 32.1 Å². The second-order valence-corrected chi connectivity index (χ2v) is 6.87. The zero-order valence-electron chi connectivity index (χ0n) is 11.7. The summed E-state index contributed by atoms with van der Waals surface area (Å²) in [7, 11) is -0.903. The van der Waals surface area contributed by atoms with E-state index in [1.165, 1.54) is 6.42 Å². The number of hydrogen-bond donors (Lipinski definition) is 0. The van der Waals surface area contributed by atoms with Gasteiger partial charge in [0.25, 0.3) is 0 Å². The highest BCUT2D eigenvalue weighted by molar-refractivity contribution is 7.84. The molecule has 2 aromatic rings. The standard InChI is InChI=1S/C15H20N2O2S/c1-12-5-4-7-15-16-13(9-17(12)15)10-20(18)11-14-6-2-3-8-19-14/h4-5,7,9,14H,2-3,6,8,10-11H2,1H3/t14-,20+/m0/s1. The van der Waals surface area contributed by atoms with Crippen molar-refractivity contribution in [2.75, 3.05) is 12.4 Å². The highest BCUT2D eigenvalue weighted by Gasteiger charge is 2.17. The Kier molecular flexibility index (Phi) is 4.17. The Balaban J connectivity index is 1.66. The molecule has 1 saturated heterocycles. The molecule has 0 aliphatic carbocycles. The van der Waals surface area contributed by atoms with Crippen molar-refractivity contribution >= 4 is 16.4 Å². The van der Waals surface area contributed by atoms with Gasteiger partial charge in [-0.15, -0.1) is 0 Å². The molecule has 4 nitrogen and oxygen atoms in total. The van der Waals surface area contributed by atoms with Gasteiger partial charge in [0, 0.05) is 29.3 Å². The first-order valence-electron chi connectivity index (χ1n) is 7.12. The summed E-state index contributed by atoms with van der Waals surface area (Å²) in [6, 6.07) is 6.02. The lowest BCUT2D eigenvalue weighted by atomic mass is 10.1. The predicted octanol–water partition coefficient (Wildman–Crippen LogP) is 2.46. The van der Waals surface area contributed by atoms with Crippen LogP contribution in [0.4, 0.5) is 0 Å². The summed E-state index contributed by atoms with van der Waals surface area (Å²) in [5.41, 5.74) is 2.96. The van der Waals surface area contributed by atoms with Gasteiger partial charge in [-0.25, -0.2) is 4.98 Å². The van der Waals surface area contributed by atoms with Crippen LogP contribution in [0, 0.1) is 6.92 Å². The number of fused-ring (bicyclic) bond motifs is 1. The molecule has 0 radical (unpaired) electrons. The number of aromatic nitrogens is 2. The summed E-state index contributed by atoms with van der Waals surface area (Å²) in [5.74, 6) is 1.15. The van der Waals surface area contributed by atoms with E-state index in [4.69, 9.17) is 4.74 Å². The number of hydrogen-bond acceptors (Lipinski definition) is 3. The van der Waals surface area contributed by atoms with Gasteiger partial charge in [-0.3, -0.25) is 4.21 Å². The number of nitrogens with zero attached hydrogens (tertiary/aromatic N) is 2. The van der Waals surface area contributed by atoms with Crippen molar-refractivity contribution in [1.82, 2.24) is 9.38 Å². The summed E-state index contributed by atoms with van der Waals surface area (Å²) in [4.78, 5) is 4.54. The lowest BCUT2D eigenvalue weighted by Gasteiger charge is -2.21. The van der Waals surface area contributed by atoms with Crippen LogP contribution in [0.2, 0.25) is 0 Å². The molecule has 0 amide bonds.